The maximum absolute atomic E-state index is 13.6. The van der Waals surface area contributed by atoms with Gasteiger partial charge in [-0.05, 0) is 42.8 Å². The fourth-order valence-corrected chi connectivity index (χ4v) is 3.20. The third-order valence-electron chi connectivity index (χ3n) is 5.06. The molecule has 0 bridgehead atoms. The van der Waals surface area contributed by atoms with Gasteiger partial charge in [-0.2, -0.15) is 0 Å². The van der Waals surface area contributed by atoms with E-state index in [0.717, 1.165) is 31.7 Å². The molecule has 0 aliphatic carbocycles. The van der Waals surface area contributed by atoms with E-state index in [-0.39, 0.29) is 24.1 Å². The summed E-state index contributed by atoms with van der Waals surface area (Å²) in [7, 11) is 2.06. The van der Waals surface area contributed by atoms with Crippen molar-refractivity contribution in [2.75, 3.05) is 33.2 Å². The first-order chi connectivity index (χ1) is 13.5. The highest BCUT2D eigenvalue weighted by Crippen LogP contribution is 2.11. The number of hydrogen-bond donors (Lipinski definition) is 1. The Morgan fingerprint density at radius 2 is 1.68 bits per heavy atom. The SMILES string of the molecule is CN1CCN(C(=O)c2ccc(CNC(=O)CCc3ccccc3F)cc2)CC1. The third-order valence-corrected chi connectivity index (χ3v) is 5.06. The molecule has 6 heteroatoms. The molecule has 1 saturated heterocycles. The van der Waals surface area contributed by atoms with E-state index in [1.54, 1.807) is 18.2 Å². The van der Waals surface area contributed by atoms with Gasteiger partial charge in [-0.15, -0.1) is 0 Å². The summed E-state index contributed by atoms with van der Waals surface area (Å²) in [5.41, 5.74) is 2.14. The molecule has 148 valence electrons. The van der Waals surface area contributed by atoms with Crippen molar-refractivity contribution in [1.82, 2.24) is 15.1 Å². The number of hydrogen-bond acceptors (Lipinski definition) is 3. The van der Waals surface area contributed by atoms with Gasteiger partial charge >= 0.3 is 0 Å². The van der Waals surface area contributed by atoms with Crippen LogP contribution in [-0.4, -0.2) is 54.8 Å². The predicted molar refractivity (Wildman–Crippen MR) is 106 cm³/mol. The van der Waals surface area contributed by atoms with Crippen LogP contribution in [0.3, 0.4) is 0 Å². The lowest BCUT2D eigenvalue weighted by Crippen LogP contribution is -2.47. The molecule has 2 amide bonds. The van der Waals surface area contributed by atoms with E-state index in [1.807, 2.05) is 29.2 Å². The monoisotopic (exact) mass is 383 g/mol. The lowest BCUT2D eigenvalue weighted by Gasteiger charge is -2.32. The molecule has 0 radical (unpaired) electrons. The van der Waals surface area contributed by atoms with E-state index in [0.29, 0.717) is 24.1 Å². The Hall–Kier alpha value is -2.73. The highest BCUT2D eigenvalue weighted by molar-refractivity contribution is 5.94. The van der Waals surface area contributed by atoms with Gasteiger partial charge in [-0.3, -0.25) is 9.59 Å². The third kappa shape index (κ3) is 5.39. The van der Waals surface area contributed by atoms with Crippen LogP contribution >= 0.6 is 0 Å². The number of halogens is 1. The quantitative estimate of drug-likeness (QED) is 0.834. The van der Waals surface area contributed by atoms with Crippen molar-refractivity contribution in [3.8, 4) is 0 Å². The molecule has 0 unspecified atom stereocenters. The zero-order valence-electron chi connectivity index (χ0n) is 16.2. The van der Waals surface area contributed by atoms with Crippen molar-refractivity contribution in [2.45, 2.75) is 19.4 Å². The predicted octanol–water partition coefficient (Wildman–Crippen LogP) is 2.46. The molecular formula is C22H26FN3O2. The van der Waals surface area contributed by atoms with Crippen LogP contribution in [0, 0.1) is 5.82 Å². The molecule has 1 fully saturated rings. The Morgan fingerprint density at radius 3 is 2.36 bits per heavy atom. The van der Waals surface area contributed by atoms with Crippen molar-refractivity contribution < 1.29 is 14.0 Å². The summed E-state index contributed by atoms with van der Waals surface area (Å²) in [4.78, 5) is 28.6. The van der Waals surface area contributed by atoms with Gasteiger partial charge in [-0.1, -0.05) is 30.3 Å². The fraction of sp³-hybridized carbons (Fsp3) is 0.364. The van der Waals surface area contributed by atoms with Crippen molar-refractivity contribution >= 4 is 11.8 Å². The summed E-state index contributed by atoms with van der Waals surface area (Å²) in [5, 5.41) is 2.84. The van der Waals surface area contributed by atoms with Crippen LogP contribution in [0.25, 0.3) is 0 Å². The van der Waals surface area contributed by atoms with Gasteiger partial charge in [0.1, 0.15) is 5.82 Å². The number of nitrogens with one attached hydrogen (secondary N) is 1. The molecule has 5 nitrogen and oxygen atoms in total. The number of aryl methyl sites for hydroxylation is 1. The van der Waals surface area contributed by atoms with Crippen molar-refractivity contribution in [3.05, 3.63) is 71.0 Å². The highest BCUT2D eigenvalue weighted by atomic mass is 19.1. The molecule has 1 N–H and O–H groups in total. The molecule has 0 spiro atoms. The summed E-state index contributed by atoms with van der Waals surface area (Å²) in [5.74, 6) is -0.356. The maximum Gasteiger partial charge on any atom is 0.253 e. The second-order valence-corrected chi connectivity index (χ2v) is 7.16. The Morgan fingerprint density at radius 1 is 1.00 bits per heavy atom. The first-order valence-corrected chi connectivity index (χ1v) is 9.60. The minimum Gasteiger partial charge on any atom is -0.352 e. The average molecular weight is 383 g/mol. The first kappa shape index (κ1) is 20.0. The van der Waals surface area contributed by atoms with Gasteiger partial charge in [0.05, 0.1) is 0 Å². The summed E-state index contributed by atoms with van der Waals surface area (Å²) in [6, 6.07) is 13.8. The number of carbonyl (C=O) groups is 2. The van der Waals surface area contributed by atoms with Gasteiger partial charge in [0.2, 0.25) is 5.91 Å². The van der Waals surface area contributed by atoms with Crippen molar-refractivity contribution in [2.24, 2.45) is 0 Å². The number of piperazine rings is 1. The minimum atomic E-state index is -0.282. The van der Waals surface area contributed by atoms with Gasteiger partial charge in [0.25, 0.3) is 5.91 Å². The molecule has 2 aromatic carbocycles. The molecule has 3 rings (SSSR count). The number of rotatable bonds is 6. The summed E-state index contributed by atoms with van der Waals surface area (Å²) >= 11 is 0. The Bertz CT molecular complexity index is 815. The van der Waals surface area contributed by atoms with Crippen molar-refractivity contribution in [3.63, 3.8) is 0 Å². The normalized spacial score (nSPS) is 14.7. The maximum atomic E-state index is 13.6. The van der Waals surface area contributed by atoms with Gasteiger partial charge in [0.15, 0.2) is 0 Å². The van der Waals surface area contributed by atoms with E-state index >= 15 is 0 Å². The molecule has 0 saturated carbocycles. The number of carbonyl (C=O) groups excluding carboxylic acids is 2. The summed E-state index contributed by atoms with van der Waals surface area (Å²) in [6.45, 7) is 3.66. The number of benzene rings is 2. The van der Waals surface area contributed by atoms with Crippen LogP contribution in [0.2, 0.25) is 0 Å². The molecule has 1 aliphatic heterocycles. The Labute approximate surface area is 165 Å². The molecule has 0 atom stereocenters. The molecular weight excluding hydrogens is 357 g/mol. The van der Waals surface area contributed by atoms with E-state index in [9.17, 15) is 14.0 Å². The minimum absolute atomic E-state index is 0.0496. The van der Waals surface area contributed by atoms with Gasteiger partial charge in [-0.25, -0.2) is 4.39 Å². The lowest BCUT2D eigenvalue weighted by atomic mass is 10.1. The van der Waals surface area contributed by atoms with E-state index < -0.39 is 0 Å². The standard InChI is InChI=1S/C22H26FN3O2/c1-25-12-14-26(15-13-25)22(28)19-8-6-17(7-9-19)16-24-21(27)11-10-18-4-2-3-5-20(18)23/h2-9H,10-16H2,1H3,(H,24,27). The van der Waals surface area contributed by atoms with Crippen LogP contribution in [0.1, 0.15) is 27.9 Å². The van der Waals surface area contributed by atoms with E-state index in [4.69, 9.17) is 0 Å². The summed E-state index contributed by atoms with van der Waals surface area (Å²) < 4.78 is 13.6. The number of nitrogens with zero attached hydrogens (tertiary/aromatic N) is 2. The zero-order chi connectivity index (χ0) is 19.9. The largest absolute Gasteiger partial charge is 0.352 e. The van der Waals surface area contributed by atoms with Gasteiger partial charge < -0.3 is 15.1 Å². The van der Waals surface area contributed by atoms with E-state index in [1.165, 1.54) is 6.07 Å². The molecule has 1 heterocycles. The smallest absolute Gasteiger partial charge is 0.253 e. The molecule has 28 heavy (non-hydrogen) atoms. The Balaban J connectivity index is 1.45. The molecule has 1 aliphatic rings. The van der Waals surface area contributed by atoms with Crippen LogP contribution in [0.5, 0.6) is 0 Å². The second-order valence-electron chi connectivity index (χ2n) is 7.16. The van der Waals surface area contributed by atoms with Crippen LogP contribution in [-0.2, 0) is 17.8 Å². The first-order valence-electron chi connectivity index (χ1n) is 9.60. The van der Waals surface area contributed by atoms with Crippen molar-refractivity contribution in [1.29, 1.82) is 0 Å². The zero-order valence-corrected chi connectivity index (χ0v) is 16.2. The van der Waals surface area contributed by atoms with Crippen LogP contribution in [0.15, 0.2) is 48.5 Å². The lowest BCUT2D eigenvalue weighted by molar-refractivity contribution is -0.121. The highest BCUT2D eigenvalue weighted by Gasteiger charge is 2.20. The number of likely N-dealkylation sites (N-methyl/N-ethyl adjacent to an activating group) is 1. The fourth-order valence-electron chi connectivity index (χ4n) is 3.20. The molecule has 0 aromatic heterocycles. The summed E-state index contributed by atoms with van der Waals surface area (Å²) in [6.07, 6.45) is 0.609. The van der Waals surface area contributed by atoms with Gasteiger partial charge in [0, 0.05) is 44.7 Å². The van der Waals surface area contributed by atoms with Crippen LogP contribution in [0.4, 0.5) is 4.39 Å². The van der Waals surface area contributed by atoms with E-state index in [2.05, 4.69) is 17.3 Å². The van der Waals surface area contributed by atoms with Crippen LogP contribution < -0.4 is 5.32 Å². The second kappa shape index (κ2) is 9.46. The molecule has 2 aromatic rings. The topological polar surface area (TPSA) is 52.6 Å². The Kier molecular flexibility index (Phi) is 6.76. The average Bonchev–Trinajstić information content (AvgIpc) is 2.72. The number of amides is 2.